The van der Waals surface area contributed by atoms with Gasteiger partial charge in [-0.1, -0.05) is 31.5 Å². The van der Waals surface area contributed by atoms with Crippen molar-refractivity contribution in [2.24, 2.45) is 0 Å². The Morgan fingerprint density at radius 2 is 2.19 bits per heavy atom. The molecule has 4 nitrogen and oxygen atoms in total. The monoisotopic (exact) mass is 403 g/mol. The maximum absolute atomic E-state index is 11.8. The van der Waals surface area contributed by atoms with Crippen LogP contribution in [0.2, 0.25) is 0 Å². The molecule has 1 aliphatic rings. The van der Waals surface area contributed by atoms with Gasteiger partial charge in [0.25, 0.3) is 0 Å². The van der Waals surface area contributed by atoms with Gasteiger partial charge in [-0.3, -0.25) is 0 Å². The van der Waals surface area contributed by atoms with Crippen molar-refractivity contribution in [1.29, 1.82) is 0 Å². The second-order valence-electron chi connectivity index (χ2n) is 5.47. The Morgan fingerprint density at radius 3 is 2.81 bits per heavy atom. The standard InChI is InChI=1S/C16H22INO3/c1-2-3-8-14(21-16(20)18-11-9-10-11)15(19)12-6-4-5-7-13(12)17/h4-7,11,14-15,19H,2-3,8-10H2,1H3,(H,18,20)/t14-,15-/m0/s1. The highest BCUT2D eigenvalue weighted by Crippen LogP contribution is 2.27. The molecule has 1 aromatic carbocycles. The number of carbonyl (C=O) groups excluding carboxylic acids is 1. The third-order valence-electron chi connectivity index (χ3n) is 3.58. The zero-order valence-electron chi connectivity index (χ0n) is 12.2. The van der Waals surface area contributed by atoms with Crippen molar-refractivity contribution in [2.75, 3.05) is 0 Å². The van der Waals surface area contributed by atoms with Crippen LogP contribution in [0.1, 0.15) is 50.7 Å². The van der Waals surface area contributed by atoms with E-state index in [1.807, 2.05) is 24.3 Å². The van der Waals surface area contributed by atoms with E-state index in [1.54, 1.807) is 0 Å². The largest absolute Gasteiger partial charge is 0.443 e. The van der Waals surface area contributed by atoms with E-state index < -0.39 is 18.3 Å². The lowest BCUT2D eigenvalue weighted by Crippen LogP contribution is -2.33. The molecule has 2 rings (SSSR count). The van der Waals surface area contributed by atoms with Crippen molar-refractivity contribution in [2.45, 2.75) is 57.3 Å². The maximum atomic E-state index is 11.8. The lowest BCUT2D eigenvalue weighted by molar-refractivity contribution is -0.00440. The van der Waals surface area contributed by atoms with Crippen LogP contribution in [0.15, 0.2) is 24.3 Å². The fourth-order valence-electron chi connectivity index (χ4n) is 2.17. The number of rotatable bonds is 7. The molecule has 116 valence electrons. The lowest BCUT2D eigenvalue weighted by atomic mass is 10.0. The van der Waals surface area contributed by atoms with Crippen molar-refractivity contribution in [1.82, 2.24) is 5.32 Å². The van der Waals surface area contributed by atoms with E-state index in [9.17, 15) is 9.90 Å². The number of unbranched alkanes of at least 4 members (excludes halogenated alkanes) is 1. The number of hydrogen-bond acceptors (Lipinski definition) is 3. The highest BCUT2D eigenvalue weighted by molar-refractivity contribution is 14.1. The minimum absolute atomic E-state index is 0.262. The van der Waals surface area contributed by atoms with Gasteiger partial charge in [0.2, 0.25) is 0 Å². The molecule has 0 heterocycles. The van der Waals surface area contributed by atoms with Crippen LogP contribution in [0.5, 0.6) is 0 Å². The Balaban J connectivity index is 2.02. The summed E-state index contributed by atoms with van der Waals surface area (Å²) in [6.07, 6.45) is 2.94. The Kier molecular flexibility index (Phi) is 6.29. The zero-order chi connectivity index (χ0) is 15.2. The van der Waals surface area contributed by atoms with Gasteiger partial charge in [0.05, 0.1) is 0 Å². The van der Waals surface area contributed by atoms with Gasteiger partial charge in [0.15, 0.2) is 0 Å². The van der Waals surface area contributed by atoms with Gasteiger partial charge in [0, 0.05) is 9.61 Å². The molecule has 0 bridgehead atoms. The van der Waals surface area contributed by atoms with E-state index in [0.717, 1.165) is 34.8 Å². The Morgan fingerprint density at radius 1 is 1.48 bits per heavy atom. The topological polar surface area (TPSA) is 58.6 Å². The van der Waals surface area contributed by atoms with Crippen LogP contribution in [0.25, 0.3) is 0 Å². The average Bonchev–Trinajstić information content (AvgIpc) is 3.27. The molecule has 1 aliphatic carbocycles. The van der Waals surface area contributed by atoms with Crippen LogP contribution in [0, 0.1) is 3.57 Å². The Bertz CT molecular complexity index is 476. The van der Waals surface area contributed by atoms with Crippen molar-refractivity contribution in [3.63, 3.8) is 0 Å². The molecule has 0 aromatic heterocycles. The summed E-state index contributed by atoms with van der Waals surface area (Å²) < 4.78 is 6.45. The van der Waals surface area contributed by atoms with Crippen molar-refractivity contribution < 1.29 is 14.6 Å². The molecule has 1 aromatic rings. The third kappa shape index (κ3) is 5.14. The lowest BCUT2D eigenvalue weighted by Gasteiger charge is -2.24. The van der Waals surface area contributed by atoms with Crippen LogP contribution < -0.4 is 5.32 Å². The molecule has 0 radical (unpaired) electrons. The second kappa shape index (κ2) is 7.98. The summed E-state index contributed by atoms with van der Waals surface area (Å²) in [6, 6.07) is 7.91. The van der Waals surface area contributed by atoms with Gasteiger partial charge >= 0.3 is 6.09 Å². The van der Waals surface area contributed by atoms with Gasteiger partial charge < -0.3 is 15.2 Å². The second-order valence-corrected chi connectivity index (χ2v) is 6.63. The Labute approximate surface area is 139 Å². The van der Waals surface area contributed by atoms with Gasteiger partial charge in [-0.2, -0.15) is 0 Å². The highest BCUT2D eigenvalue weighted by Gasteiger charge is 2.29. The fourth-order valence-corrected chi connectivity index (χ4v) is 2.87. The number of hydrogen-bond donors (Lipinski definition) is 2. The van der Waals surface area contributed by atoms with E-state index in [-0.39, 0.29) is 6.04 Å². The molecule has 21 heavy (non-hydrogen) atoms. The minimum Gasteiger partial charge on any atom is -0.443 e. The maximum Gasteiger partial charge on any atom is 0.407 e. The van der Waals surface area contributed by atoms with Gasteiger partial charge in [0.1, 0.15) is 12.2 Å². The molecule has 0 unspecified atom stereocenters. The first-order valence-corrected chi connectivity index (χ1v) is 8.59. The number of benzene rings is 1. The first-order chi connectivity index (χ1) is 10.1. The van der Waals surface area contributed by atoms with Crippen LogP contribution >= 0.6 is 22.6 Å². The molecular formula is C16H22INO3. The summed E-state index contributed by atoms with van der Waals surface area (Å²) >= 11 is 2.19. The summed E-state index contributed by atoms with van der Waals surface area (Å²) in [4.78, 5) is 11.8. The molecule has 0 spiro atoms. The minimum atomic E-state index is -0.783. The predicted molar refractivity (Wildman–Crippen MR) is 90.1 cm³/mol. The van der Waals surface area contributed by atoms with E-state index in [2.05, 4.69) is 34.8 Å². The summed E-state index contributed by atoms with van der Waals surface area (Å²) in [6.45, 7) is 2.08. The molecular weight excluding hydrogens is 381 g/mol. The van der Waals surface area contributed by atoms with E-state index in [0.29, 0.717) is 6.42 Å². The van der Waals surface area contributed by atoms with E-state index in [4.69, 9.17) is 4.74 Å². The average molecular weight is 403 g/mol. The van der Waals surface area contributed by atoms with Gasteiger partial charge in [-0.15, -0.1) is 0 Å². The molecule has 1 saturated carbocycles. The molecule has 5 heteroatoms. The summed E-state index contributed by atoms with van der Waals surface area (Å²) in [7, 11) is 0. The van der Waals surface area contributed by atoms with Crippen molar-refractivity contribution in [3.8, 4) is 0 Å². The number of carbonyl (C=O) groups is 1. The third-order valence-corrected chi connectivity index (χ3v) is 4.56. The number of nitrogens with one attached hydrogen (secondary N) is 1. The van der Waals surface area contributed by atoms with Gasteiger partial charge in [-0.25, -0.2) is 4.79 Å². The van der Waals surface area contributed by atoms with Crippen LogP contribution in [0.4, 0.5) is 4.79 Å². The summed E-state index contributed by atoms with van der Waals surface area (Å²) in [5.74, 6) is 0. The molecule has 1 amide bonds. The highest BCUT2D eigenvalue weighted by atomic mass is 127. The number of halogens is 1. The van der Waals surface area contributed by atoms with Crippen molar-refractivity contribution in [3.05, 3.63) is 33.4 Å². The fraction of sp³-hybridized carbons (Fsp3) is 0.562. The summed E-state index contributed by atoms with van der Waals surface area (Å²) in [5, 5.41) is 13.4. The predicted octanol–water partition coefficient (Wildman–Crippen LogP) is 3.77. The molecule has 1 fully saturated rings. The molecule has 0 aliphatic heterocycles. The SMILES string of the molecule is CCCC[C@H](OC(=O)NC1CC1)[C@@H](O)c1ccccc1I. The van der Waals surface area contributed by atoms with Crippen molar-refractivity contribution >= 4 is 28.7 Å². The molecule has 2 N–H and O–H groups in total. The quantitative estimate of drug-likeness (QED) is 0.682. The molecule has 2 atom stereocenters. The Hall–Kier alpha value is -0.820. The van der Waals surface area contributed by atoms with Gasteiger partial charge in [-0.05, 0) is 59.9 Å². The number of ether oxygens (including phenoxy) is 1. The number of aliphatic hydroxyl groups is 1. The van der Waals surface area contributed by atoms with Crippen LogP contribution in [-0.4, -0.2) is 23.3 Å². The normalized spacial score (nSPS) is 17.1. The van der Waals surface area contributed by atoms with Crippen LogP contribution in [0.3, 0.4) is 0 Å². The first kappa shape index (κ1) is 16.5. The first-order valence-electron chi connectivity index (χ1n) is 7.51. The zero-order valence-corrected chi connectivity index (χ0v) is 14.4. The van der Waals surface area contributed by atoms with E-state index >= 15 is 0 Å². The smallest absolute Gasteiger partial charge is 0.407 e. The number of amides is 1. The van der Waals surface area contributed by atoms with E-state index in [1.165, 1.54) is 0 Å². The molecule has 0 saturated heterocycles. The summed E-state index contributed by atoms with van der Waals surface area (Å²) in [5.41, 5.74) is 0.818. The van der Waals surface area contributed by atoms with Crippen LogP contribution in [-0.2, 0) is 4.74 Å². The number of aliphatic hydroxyl groups excluding tert-OH is 1. The number of alkyl carbamates (subject to hydrolysis) is 1.